The van der Waals surface area contributed by atoms with Crippen molar-refractivity contribution in [3.05, 3.63) is 11.6 Å². The molecule has 0 bridgehead atoms. The van der Waals surface area contributed by atoms with Crippen molar-refractivity contribution < 1.29 is 10.2 Å². The fraction of sp³-hybridized carbons (Fsp3) is 0.818. The molecule has 0 heterocycles. The molecule has 1 fully saturated rings. The summed E-state index contributed by atoms with van der Waals surface area (Å²) in [5, 5.41) is 18.6. The lowest BCUT2D eigenvalue weighted by molar-refractivity contribution is 0.144. The molecule has 0 spiro atoms. The maximum absolute atomic E-state index is 9.44. The summed E-state index contributed by atoms with van der Waals surface area (Å²) in [6.45, 7) is 0.531. The fourth-order valence-corrected chi connectivity index (χ4v) is 2.97. The van der Waals surface area contributed by atoms with E-state index in [1.54, 1.807) is 0 Å². The highest BCUT2D eigenvalue weighted by Gasteiger charge is 2.43. The first kappa shape index (κ1) is 9.22. The Morgan fingerprint density at radius 1 is 1.38 bits per heavy atom. The highest BCUT2D eigenvalue weighted by molar-refractivity contribution is 5.25. The molecule has 2 nitrogen and oxygen atoms in total. The van der Waals surface area contributed by atoms with E-state index in [2.05, 4.69) is 6.08 Å². The number of allylic oxidation sites excluding steroid dienone is 1. The van der Waals surface area contributed by atoms with Gasteiger partial charge in [0, 0.05) is 17.9 Å². The predicted octanol–water partition coefficient (Wildman–Crippen LogP) is 1.48. The zero-order valence-electron chi connectivity index (χ0n) is 8.00. The zero-order valence-corrected chi connectivity index (χ0v) is 8.00. The molecule has 0 saturated heterocycles. The van der Waals surface area contributed by atoms with Crippen LogP contribution in [0.15, 0.2) is 11.6 Å². The summed E-state index contributed by atoms with van der Waals surface area (Å²) in [6, 6.07) is 0. The van der Waals surface area contributed by atoms with E-state index < -0.39 is 0 Å². The van der Waals surface area contributed by atoms with Crippen molar-refractivity contribution >= 4 is 0 Å². The van der Waals surface area contributed by atoms with Crippen LogP contribution < -0.4 is 0 Å². The molecule has 0 aromatic heterocycles. The molecule has 2 aliphatic rings. The molecule has 1 saturated carbocycles. The topological polar surface area (TPSA) is 40.5 Å². The maximum atomic E-state index is 9.44. The molecule has 0 unspecified atom stereocenters. The Morgan fingerprint density at radius 2 is 2.23 bits per heavy atom. The summed E-state index contributed by atoms with van der Waals surface area (Å²) in [5.74, 6) is 0.340. The first-order chi connectivity index (χ1) is 6.32. The minimum Gasteiger partial charge on any atom is -0.396 e. The lowest BCUT2D eigenvalue weighted by Gasteiger charge is -2.33. The van der Waals surface area contributed by atoms with Gasteiger partial charge in [0.25, 0.3) is 0 Å². The Hall–Kier alpha value is -0.340. The van der Waals surface area contributed by atoms with Gasteiger partial charge in [-0.25, -0.2) is 0 Å². The molecule has 0 amide bonds. The van der Waals surface area contributed by atoms with E-state index in [1.807, 2.05) is 0 Å². The van der Waals surface area contributed by atoms with Crippen molar-refractivity contribution in [2.24, 2.45) is 11.3 Å². The Bertz CT molecular complexity index is 222. The second kappa shape index (κ2) is 3.43. The second-order valence-corrected chi connectivity index (χ2v) is 4.41. The molecule has 2 atom stereocenters. The molecule has 0 aliphatic heterocycles. The summed E-state index contributed by atoms with van der Waals surface area (Å²) >= 11 is 0. The van der Waals surface area contributed by atoms with E-state index in [9.17, 15) is 10.2 Å². The van der Waals surface area contributed by atoms with Crippen LogP contribution in [0.25, 0.3) is 0 Å². The number of hydrogen-bond acceptors (Lipinski definition) is 2. The molecule has 13 heavy (non-hydrogen) atoms. The van der Waals surface area contributed by atoms with Crippen LogP contribution in [0.4, 0.5) is 0 Å². The van der Waals surface area contributed by atoms with Crippen LogP contribution in [0.3, 0.4) is 0 Å². The molecule has 2 aliphatic carbocycles. The van der Waals surface area contributed by atoms with E-state index in [1.165, 1.54) is 12.0 Å². The van der Waals surface area contributed by atoms with Gasteiger partial charge in [0.05, 0.1) is 6.61 Å². The summed E-state index contributed by atoms with van der Waals surface area (Å²) < 4.78 is 0. The van der Waals surface area contributed by atoms with Crippen LogP contribution in [0, 0.1) is 11.3 Å². The zero-order chi connectivity index (χ0) is 9.31. The summed E-state index contributed by atoms with van der Waals surface area (Å²) in [4.78, 5) is 0. The third-order valence-corrected chi connectivity index (χ3v) is 3.77. The molecular weight excluding hydrogens is 164 g/mol. The minimum absolute atomic E-state index is 0.0612. The van der Waals surface area contributed by atoms with Crippen molar-refractivity contribution in [3.63, 3.8) is 0 Å². The van der Waals surface area contributed by atoms with Gasteiger partial charge in [-0.2, -0.15) is 0 Å². The standard InChI is InChI=1S/C11H18O2/c12-7-9-4-6-11(8-13)5-2-1-3-10(9)11/h3,9,12-13H,1-2,4-8H2/t9-,11+/m0/s1. The summed E-state index contributed by atoms with van der Waals surface area (Å²) in [7, 11) is 0. The lowest BCUT2D eigenvalue weighted by atomic mass is 9.73. The molecule has 2 N–H and O–H groups in total. The quantitative estimate of drug-likeness (QED) is 0.635. The molecular formula is C11H18O2. The Balaban J connectivity index is 2.26. The van der Waals surface area contributed by atoms with E-state index >= 15 is 0 Å². The van der Waals surface area contributed by atoms with E-state index in [4.69, 9.17) is 0 Å². The van der Waals surface area contributed by atoms with E-state index in [0.717, 1.165) is 25.7 Å². The van der Waals surface area contributed by atoms with Crippen molar-refractivity contribution in [1.82, 2.24) is 0 Å². The normalized spacial score (nSPS) is 38.6. The average molecular weight is 182 g/mol. The van der Waals surface area contributed by atoms with Gasteiger partial charge in [0.15, 0.2) is 0 Å². The minimum atomic E-state index is 0.0612. The predicted molar refractivity (Wildman–Crippen MR) is 51.3 cm³/mol. The molecule has 2 rings (SSSR count). The van der Waals surface area contributed by atoms with Gasteiger partial charge in [-0.15, -0.1) is 0 Å². The Labute approximate surface area is 79.3 Å². The van der Waals surface area contributed by atoms with Gasteiger partial charge in [0.1, 0.15) is 0 Å². The van der Waals surface area contributed by atoms with Crippen LogP contribution in [0.2, 0.25) is 0 Å². The van der Waals surface area contributed by atoms with Crippen LogP contribution in [-0.2, 0) is 0 Å². The van der Waals surface area contributed by atoms with Gasteiger partial charge >= 0.3 is 0 Å². The Morgan fingerprint density at radius 3 is 2.92 bits per heavy atom. The van der Waals surface area contributed by atoms with Crippen molar-refractivity contribution in [2.75, 3.05) is 13.2 Å². The molecule has 0 radical (unpaired) electrons. The smallest absolute Gasteiger partial charge is 0.0524 e. The number of hydrogen-bond donors (Lipinski definition) is 2. The largest absolute Gasteiger partial charge is 0.396 e. The summed E-state index contributed by atoms with van der Waals surface area (Å²) in [6.07, 6.45) is 7.83. The van der Waals surface area contributed by atoms with Crippen LogP contribution in [0.5, 0.6) is 0 Å². The number of aliphatic hydroxyl groups excluding tert-OH is 2. The van der Waals surface area contributed by atoms with Gasteiger partial charge < -0.3 is 10.2 Å². The Kier molecular flexibility index (Phi) is 2.43. The van der Waals surface area contributed by atoms with Crippen LogP contribution in [-0.4, -0.2) is 23.4 Å². The number of fused-ring (bicyclic) bond motifs is 1. The fourth-order valence-electron chi connectivity index (χ4n) is 2.97. The monoisotopic (exact) mass is 182 g/mol. The molecule has 74 valence electrons. The second-order valence-electron chi connectivity index (χ2n) is 4.41. The number of rotatable bonds is 2. The highest BCUT2D eigenvalue weighted by atomic mass is 16.3. The molecule has 0 aromatic rings. The summed E-state index contributed by atoms with van der Waals surface area (Å²) in [5.41, 5.74) is 1.41. The van der Waals surface area contributed by atoms with Gasteiger partial charge in [0.2, 0.25) is 0 Å². The van der Waals surface area contributed by atoms with E-state index in [-0.39, 0.29) is 18.6 Å². The lowest BCUT2D eigenvalue weighted by Crippen LogP contribution is -2.27. The van der Waals surface area contributed by atoms with Crippen molar-refractivity contribution in [3.8, 4) is 0 Å². The average Bonchev–Trinajstić information content (AvgIpc) is 2.57. The van der Waals surface area contributed by atoms with E-state index in [0.29, 0.717) is 5.92 Å². The maximum Gasteiger partial charge on any atom is 0.0524 e. The SMILES string of the molecule is OC[C@@H]1CC[C@@]2(CO)CCCC=C12. The van der Waals surface area contributed by atoms with Gasteiger partial charge in [-0.05, 0) is 32.1 Å². The first-order valence-electron chi connectivity index (χ1n) is 5.25. The first-order valence-corrected chi connectivity index (χ1v) is 5.25. The van der Waals surface area contributed by atoms with Gasteiger partial charge in [-0.3, -0.25) is 0 Å². The van der Waals surface area contributed by atoms with Crippen LogP contribution in [0.1, 0.15) is 32.1 Å². The molecule has 0 aromatic carbocycles. The van der Waals surface area contributed by atoms with Crippen molar-refractivity contribution in [2.45, 2.75) is 32.1 Å². The highest BCUT2D eigenvalue weighted by Crippen LogP contribution is 2.51. The number of aliphatic hydroxyl groups is 2. The third kappa shape index (κ3) is 1.32. The van der Waals surface area contributed by atoms with Crippen LogP contribution >= 0.6 is 0 Å². The van der Waals surface area contributed by atoms with Gasteiger partial charge in [-0.1, -0.05) is 11.6 Å². The van der Waals surface area contributed by atoms with Crippen molar-refractivity contribution in [1.29, 1.82) is 0 Å². The molecule has 2 heteroatoms. The third-order valence-electron chi connectivity index (χ3n) is 3.77.